The Balaban J connectivity index is 2.09. The molecular formula is C17H19ClN6. The van der Waals surface area contributed by atoms with Crippen LogP contribution < -0.4 is 16.4 Å². The van der Waals surface area contributed by atoms with E-state index in [1.165, 1.54) is 0 Å². The Kier molecular flexibility index (Phi) is 4.51. The molecule has 1 atom stereocenters. The molecule has 1 aliphatic heterocycles. The monoisotopic (exact) mass is 342 g/mol. The smallest absolute Gasteiger partial charge is 0.215 e. The lowest BCUT2D eigenvalue weighted by Crippen LogP contribution is -2.61. The molecule has 6 nitrogen and oxygen atoms in total. The molecular weight excluding hydrogens is 324 g/mol. The number of amidine groups is 1. The van der Waals surface area contributed by atoms with Gasteiger partial charge in [-0.05, 0) is 19.9 Å². The summed E-state index contributed by atoms with van der Waals surface area (Å²) in [7, 11) is 0. The highest BCUT2D eigenvalue weighted by Crippen LogP contribution is 2.22. The highest BCUT2D eigenvalue weighted by atomic mass is 35.5. The fourth-order valence-electron chi connectivity index (χ4n) is 2.37. The molecule has 2 aromatic rings. The highest BCUT2D eigenvalue weighted by molar-refractivity contribution is 6.30. The lowest BCUT2D eigenvalue weighted by molar-refractivity contribution is 0.415. The average molecular weight is 343 g/mol. The second-order valence-electron chi connectivity index (χ2n) is 5.81. The standard InChI is InChI=1S/C17H19ClN6/c1-11(2)21-16-22-15(12-6-4-3-5-7-12)23-17(19,24-16)13-8-14(18)10-20-9-13/h3-11H,19H2,1-2H3,(H2,21,22,23,24). The van der Waals surface area contributed by atoms with Crippen LogP contribution in [0.4, 0.5) is 0 Å². The van der Waals surface area contributed by atoms with Gasteiger partial charge in [0.2, 0.25) is 5.79 Å². The van der Waals surface area contributed by atoms with Crippen molar-refractivity contribution in [2.45, 2.75) is 25.7 Å². The maximum Gasteiger partial charge on any atom is 0.215 e. The minimum absolute atomic E-state index is 0.0943. The molecule has 4 N–H and O–H groups in total. The van der Waals surface area contributed by atoms with Crippen molar-refractivity contribution in [3.63, 3.8) is 0 Å². The Bertz CT molecular complexity index is 787. The van der Waals surface area contributed by atoms with E-state index in [1.54, 1.807) is 18.5 Å². The third-order valence-corrected chi connectivity index (χ3v) is 3.62. The average Bonchev–Trinajstić information content (AvgIpc) is 2.54. The van der Waals surface area contributed by atoms with Gasteiger partial charge in [-0.2, -0.15) is 0 Å². The van der Waals surface area contributed by atoms with E-state index in [2.05, 4.69) is 25.6 Å². The number of halogens is 1. The predicted molar refractivity (Wildman–Crippen MR) is 96.9 cm³/mol. The number of aromatic nitrogens is 1. The minimum atomic E-state index is -1.21. The minimum Gasteiger partial charge on any atom is -0.316 e. The number of rotatable bonds is 3. The molecule has 2 heterocycles. The molecule has 0 saturated carbocycles. The van der Waals surface area contributed by atoms with Crippen molar-refractivity contribution in [2.75, 3.05) is 0 Å². The third kappa shape index (κ3) is 3.55. The molecule has 0 aliphatic carbocycles. The van der Waals surface area contributed by atoms with E-state index < -0.39 is 5.79 Å². The first-order chi connectivity index (χ1) is 11.5. The van der Waals surface area contributed by atoms with E-state index in [9.17, 15) is 0 Å². The summed E-state index contributed by atoms with van der Waals surface area (Å²) in [4.78, 5) is 13.3. The van der Waals surface area contributed by atoms with Crippen molar-refractivity contribution in [2.24, 2.45) is 15.7 Å². The summed E-state index contributed by atoms with van der Waals surface area (Å²) in [5.74, 6) is -0.0141. The molecule has 0 fully saturated rings. The third-order valence-electron chi connectivity index (χ3n) is 3.41. The van der Waals surface area contributed by atoms with Gasteiger partial charge in [-0.25, -0.2) is 4.99 Å². The van der Waals surface area contributed by atoms with Gasteiger partial charge in [0.15, 0.2) is 5.96 Å². The van der Waals surface area contributed by atoms with Gasteiger partial charge in [-0.1, -0.05) is 41.9 Å². The van der Waals surface area contributed by atoms with Gasteiger partial charge in [0.25, 0.3) is 0 Å². The maximum absolute atomic E-state index is 6.53. The topological polar surface area (TPSA) is 87.7 Å². The quantitative estimate of drug-likeness (QED) is 0.798. The van der Waals surface area contributed by atoms with Crippen molar-refractivity contribution in [3.05, 3.63) is 64.9 Å². The molecule has 1 aromatic heterocycles. The summed E-state index contributed by atoms with van der Waals surface area (Å²) in [6.45, 7) is 3.98. The van der Waals surface area contributed by atoms with Gasteiger partial charge in [0.05, 0.1) is 5.02 Å². The van der Waals surface area contributed by atoms with Gasteiger partial charge < -0.3 is 10.6 Å². The largest absolute Gasteiger partial charge is 0.316 e. The van der Waals surface area contributed by atoms with Gasteiger partial charge in [-0.15, -0.1) is 0 Å². The van der Waals surface area contributed by atoms with E-state index >= 15 is 0 Å². The van der Waals surface area contributed by atoms with Gasteiger partial charge >= 0.3 is 0 Å². The van der Waals surface area contributed by atoms with Gasteiger partial charge in [0.1, 0.15) is 5.84 Å². The number of nitrogens with one attached hydrogen (secondary N) is 2. The molecule has 124 valence electrons. The van der Waals surface area contributed by atoms with Crippen LogP contribution in [0.2, 0.25) is 5.02 Å². The molecule has 1 unspecified atom stereocenters. The van der Waals surface area contributed by atoms with Crippen LogP contribution in [0.1, 0.15) is 25.0 Å². The maximum atomic E-state index is 6.53. The normalized spacial score (nSPS) is 22.0. The summed E-state index contributed by atoms with van der Waals surface area (Å²) in [5, 5.41) is 6.83. The zero-order valence-corrected chi connectivity index (χ0v) is 14.2. The fourth-order valence-corrected chi connectivity index (χ4v) is 2.54. The fraction of sp³-hybridized carbons (Fsp3) is 0.235. The Morgan fingerprint density at radius 3 is 2.62 bits per heavy atom. The summed E-state index contributed by atoms with van der Waals surface area (Å²) >= 11 is 6.06. The first kappa shape index (κ1) is 16.4. The van der Waals surface area contributed by atoms with Gasteiger partial charge in [-0.3, -0.25) is 15.7 Å². The lowest BCUT2D eigenvalue weighted by Gasteiger charge is -2.34. The van der Waals surface area contributed by atoms with E-state index in [4.69, 9.17) is 17.3 Å². The molecule has 7 heteroatoms. The van der Waals surface area contributed by atoms with Crippen LogP contribution in [0, 0.1) is 0 Å². The lowest BCUT2D eigenvalue weighted by atomic mass is 10.1. The van der Waals surface area contributed by atoms with E-state index in [0.717, 1.165) is 5.56 Å². The zero-order chi connectivity index (χ0) is 17.2. The van der Waals surface area contributed by atoms with Crippen LogP contribution >= 0.6 is 11.6 Å². The molecule has 3 rings (SSSR count). The van der Waals surface area contributed by atoms with Crippen LogP contribution in [0.5, 0.6) is 0 Å². The molecule has 0 radical (unpaired) electrons. The Labute approximate surface area is 145 Å². The van der Waals surface area contributed by atoms with Crippen LogP contribution in [-0.4, -0.2) is 22.8 Å². The molecule has 0 amide bonds. The molecule has 24 heavy (non-hydrogen) atoms. The number of hydrogen-bond donors (Lipinski definition) is 3. The van der Waals surface area contributed by atoms with Crippen molar-refractivity contribution < 1.29 is 0 Å². The van der Waals surface area contributed by atoms with Crippen LogP contribution in [0.3, 0.4) is 0 Å². The van der Waals surface area contributed by atoms with Crippen LogP contribution in [0.25, 0.3) is 0 Å². The summed E-state index contributed by atoms with van der Waals surface area (Å²) in [6.07, 6.45) is 3.20. The Morgan fingerprint density at radius 2 is 1.96 bits per heavy atom. The Morgan fingerprint density at radius 1 is 1.21 bits per heavy atom. The summed E-state index contributed by atoms with van der Waals surface area (Å²) in [6, 6.07) is 11.6. The van der Waals surface area contributed by atoms with E-state index in [0.29, 0.717) is 22.4 Å². The number of guanidine groups is 1. The summed E-state index contributed by atoms with van der Waals surface area (Å²) < 4.78 is 0. The van der Waals surface area contributed by atoms with Crippen molar-refractivity contribution >= 4 is 23.4 Å². The first-order valence-electron chi connectivity index (χ1n) is 7.64. The van der Waals surface area contributed by atoms with Crippen molar-refractivity contribution in [3.8, 4) is 0 Å². The SMILES string of the molecule is CC(C)N=C1NC(c2ccccc2)=NC(N)(c2cncc(Cl)c2)N1. The van der Waals surface area contributed by atoms with Crippen LogP contribution in [0.15, 0.2) is 58.8 Å². The first-order valence-corrected chi connectivity index (χ1v) is 8.02. The number of pyridine rings is 1. The van der Waals surface area contributed by atoms with Gasteiger partial charge in [0, 0.05) is 29.6 Å². The van der Waals surface area contributed by atoms with Crippen molar-refractivity contribution in [1.82, 2.24) is 15.6 Å². The second kappa shape index (κ2) is 6.59. The number of nitrogens with zero attached hydrogens (tertiary/aromatic N) is 3. The molecule has 0 bridgehead atoms. The number of nitrogens with two attached hydrogens (primary N) is 1. The second-order valence-corrected chi connectivity index (χ2v) is 6.24. The molecule has 0 saturated heterocycles. The van der Waals surface area contributed by atoms with E-state index in [1.807, 2.05) is 44.2 Å². The molecule has 1 aliphatic rings. The highest BCUT2D eigenvalue weighted by Gasteiger charge is 2.33. The molecule has 1 aromatic carbocycles. The summed E-state index contributed by atoms with van der Waals surface area (Å²) in [5.41, 5.74) is 8.10. The predicted octanol–water partition coefficient (Wildman–Crippen LogP) is 2.21. The van der Waals surface area contributed by atoms with Crippen molar-refractivity contribution in [1.29, 1.82) is 0 Å². The number of aliphatic imine (C=N–C) groups is 2. The number of benzene rings is 1. The zero-order valence-electron chi connectivity index (χ0n) is 13.5. The molecule has 0 spiro atoms. The van der Waals surface area contributed by atoms with Crippen LogP contribution in [-0.2, 0) is 5.79 Å². The number of hydrogen-bond acceptors (Lipinski definition) is 4. The Hall–Kier alpha value is -2.44. The van der Waals surface area contributed by atoms with E-state index in [-0.39, 0.29) is 6.04 Å².